The summed E-state index contributed by atoms with van der Waals surface area (Å²) in [5, 5.41) is 4.47. The Hall–Kier alpha value is -3.94. The van der Waals surface area contributed by atoms with Gasteiger partial charge in [0.2, 0.25) is 0 Å². The molecule has 0 nitrogen and oxygen atoms in total. The molecule has 4 fully saturated rings. The van der Waals surface area contributed by atoms with E-state index in [9.17, 15) is 0 Å². The Labute approximate surface area is 327 Å². The number of benzene rings is 5. The summed E-state index contributed by atoms with van der Waals surface area (Å²) in [6.45, 7) is 5.00. The number of allylic oxidation sites excluding steroid dienone is 1. The van der Waals surface area contributed by atoms with Crippen LogP contribution in [0.15, 0.2) is 164 Å². The molecular formula is C53H60Si. The van der Waals surface area contributed by atoms with E-state index in [0.29, 0.717) is 11.8 Å². The fraction of sp³-hybridized carbons (Fsp3) is 0.396. The number of rotatable bonds is 11. The number of hydrogen-bond donors (Lipinski definition) is 0. The molecule has 4 aliphatic carbocycles. The van der Waals surface area contributed by atoms with Gasteiger partial charge < -0.3 is 0 Å². The van der Waals surface area contributed by atoms with Gasteiger partial charge in [0, 0.05) is 5.41 Å². The van der Waals surface area contributed by atoms with Crippen LogP contribution in [0.2, 0.25) is 6.04 Å². The van der Waals surface area contributed by atoms with E-state index in [0.717, 1.165) is 42.1 Å². The molecule has 6 unspecified atom stereocenters. The molecule has 5 aromatic rings. The normalized spacial score (nSPS) is 26.9. The molecule has 0 aliphatic heterocycles. The highest BCUT2D eigenvalue weighted by Crippen LogP contribution is 2.67. The quantitative estimate of drug-likeness (QED) is 0.0723. The summed E-state index contributed by atoms with van der Waals surface area (Å²) >= 11 is 0. The van der Waals surface area contributed by atoms with Crippen LogP contribution < -0.4 is 15.6 Å². The van der Waals surface area contributed by atoms with Crippen LogP contribution >= 0.6 is 0 Å². The minimum absolute atomic E-state index is 0.0617. The maximum atomic E-state index is 5.00. The van der Waals surface area contributed by atoms with E-state index in [1.165, 1.54) is 91.8 Å². The van der Waals surface area contributed by atoms with Gasteiger partial charge in [-0.1, -0.05) is 183 Å². The smallest absolute Gasteiger partial charge is 0.100 e. The Morgan fingerprint density at radius 1 is 0.481 bits per heavy atom. The van der Waals surface area contributed by atoms with Gasteiger partial charge in [0.05, 0.1) is 0 Å². The molecule has 0 aromatic heterocycles. The Bertz CT molecular complexity index is 1790. The van der Waals surface area contributed by atoms with Crippen LogP contribution in [0.4, 0.5) is 0 Å². The monoisotopic (exact) mass is 724 g/mol. The van der Waals surface area contributed by atoms with E-state index in [1.807, 2.05) is 0 Å². The summed E-state index contributed by atoms with van der Waals surface area (Å²) in [5.74, 6) is 5.64. The third-order valence-corrected chi connectivity index (χ3v) is 20.3. The SMILES string of the molecule is C=C(CC1CCC(C(c2ccccc2)(c2ccccc2)C2C3CCCCC3C3CCCCC32)C1)C[Si](c1ccccc1)(c1ccccc1)c1ccccc1. The van der Waals surface area contributed by atoms with Gasteiger partial charge in [0.1, 0.15) is 0 Å². The van der Waals surface area contributed by atoms with Gasteiger partial charge in [0.25, 0.3) is 0 Å². The van der Waals surface area contributed by atoms with Crippen LogP contribution in [0.25, 0.3) is 0 Å². The zero-order valence-electron chi connectivity index (χ0n) is 32.4. The van der Waals surface area contributed by atoms with E-state index in [4.69, 9.17) is 6.58 Å². The highest BCUT2D eigenvalue weighted by Gasteiger charge is 2.61. The zero-order valence-corrected chi connectivity index (χ0v) is 33.4. The van der Waals surface area contributed by atoms with E-state index in [1.54, 1.807) is 11.1 Å². The lowest BCUT2D eigenvalue weighted by atomic mass is 9.52. The van der Waals surface area contributed by atoms with Crippen LogP contribution in [0.1, 0.15) is 88.2 Å². The molecule has 0 spiro atoms. The van der Waals surface area contributed by atoms with Crippen LogP contribution in [-0.2, 0) is 5.41 Å². The second-order valence-corrected chi connectivity index (χ2v) is 21.8. The van der Waals surface area contributed by atoms with Crippen LogP contribution in [-0.4, -0.2) is 8.07 Å². The third-order valence-electron chi connectivity index (χ3n) is 15.3. The van der Waals surface area contributed by atoms with Gasteiger partial charge in [0.15, 0.2) is 8.07 Å². The largest absolute Gasteiger partial charge is 0.152 e. The van der Waals surface area contributed by atoms with E-state index >= 15 is 0 Å². The molecule has 0 bridgehead atoms. The second-order valence-electron chi connectivity index (χ2n) is 17.9. The van der Waals surface area contributed by atoms with Gasteiger partial charge in [-0.25, -0.2) is 0 Å². The predicted octanol–water partition coefficient (Wildman–Crippen LogP) is 11.7. The Morgan fingerprint density at radius 3 is 1.30 bits per heavy atom. The molecule has 9 rings (SSSR count). The molecule has 5 aromatic carbocycles. The van der Waals surface area contributed by atoms with Gasteiger partial charge >= 0.3 is 0 Å². The van der Waals surface area contributed by atoms with Crippen molar-refractivity contribution in [3.8, 4) is 0 Å². The Balaban J connectivity index is 1.09. The van der Waals surface area contributed by atoms with Crippen LogP contribution in [0.5, 0.6) is 0 Å². The average Bonchev–Trinajstić information content (AvgIpc) is 3.85. The Kier molecular flexibility index (Phi) is 10.4. The molecule has 6 atom stereocenters. The first kappa shape index (κ1) is 35.7. The summed E-state index contributed by atoms with van der Waals surface area (Å²) in [7, 11) is -2.38. The standard InChI is InChI=1S/C53H60Si/c1-40(39-54(45-25-11-4-12-26-45,46-27-13-5-14-28-46)47-29-15-6-16-30-47)37-41-35-36-44(38-41)53(42-21-7-2-8-22-42,43-23-9-3-10-24-43)52-50-33-19-17-31-48(50)49-32-18-20-34-51(49)52/h2-16,21-30,41,44,48-52H,1,17-20,31-39H2. The van der Waals surface area contributed by atoms with Crippen LogP contribution in [0, 0.1) is 41.4 Å². The van der Waals surface area contributed by atoms with Crippen molar-refractivity contribution in [2.45, 2.75) is 88.5 Å². The first-order chi connectivity index (χ1) is 26.7. The minimum Gasteiger partial charge on any atom is -0.100 e. The number of fused-ring (bicyclic) bond motifs is 3. The molecule has 0 radical (unpaired) electrons. The molecule has 1 heteroatoms. The van der Waals surface area contributed by atoms with Gasteiger partial charge in [-0.05, 0) is 126 Å². The predicted molar refractivity (Wildman–Crippen MR) is 231 cm³/mol. The van der Waals surface area contributed by atoms with Gasteiger partial charge in [-0.2, -0.15) is 0 Å². The van der Waals surface area contributed by atoms with E-state index in [-0.39, 0.29) is 5.41 Å². The van der Waals surface area contributed by atoms with E-state index < -0.39 is 8.07 Å². The molecule has 276 valence electrons. The Morgan fingerprint density at radius 2 is 0.870 bits per heavy atom. The molecule has 0 heterocycles. The summed E-state index contributed by atoms with van der Waals surface area (Å²) in [4.78, 5) is 0. The zero-order chi connectivity index (χ0) is 36.4. The molecular weight excluding hydrogens is 665 g/mol. The van der Waals surface area contributed by atoms with Gasteiger partial charge in [-0.3, -0.25) is 0 Å². The first-order valence-corrected chi connectivity index (χ1v) is 23.8. The summed E-state index contributed by atoms with van der Waals surface area (Å²) in [6, 6.07) is 59.6. The number of hydrogen-bond acceptors (Lipinski definition) is 0. The van der Waals surface area contributed by atoms with Crippen molar-refractivity contribution in [3.63, 3.8) is 0 Å². The van der Waals surface area contributed by atoms with Crippen molar-refractivity contribution < 1.29 is 0 Å². The summed E-state index contributed by atoms with van der Waals surface area (Å²) in [6.07, 6.45) is 16.7. The third kappa shape index (κ3) is 6.29. The molecule has 0 amide bonds. The molecule has 54 heavy (non-hydrogen) atoms. The van der Waals surface area contributed by atoms with Crippen molar-refractivity contribution in [2.75, 3.05) is 0 Å². The van der Waals surface area contributed by atoms with E-state index in [2.05, 4.69) is 152 Å². The fourth-order valence-electron chi connectivity index (χ4n) is 13.6. The first-order valence-electron chi connectivity index (χ1n) is 21.6. The van der Waals surface area contributed by atoms with Crippen molar-refractivity contribution in [2.24, 2.45) is 41.4 Å². The highest BCUT2D eigenvalue weighted by molar-refractivity contribution is 7.11. The fourth-order valence-corrected chi connectivity index (χ4v) is 18.3. The molecule has 0 N–H and O–H groups in total. The molecule has 4 aliphatic rings. The topological polar surface area (TPSA) is 0 Å². The van der Waals surface area contributed by atoms with Crippen LogP contribution in [0.3, 0.4) is 0 Å². The van der Waals surface area contributed by atoms with Crippen molar-refractivity contribution in [1.29, 1.82) is 0 Å². The van der Waals surface area contributed by atoms with Crippen molar-refractivity contribution in [1.82, 2.24) is 0 Å². The van der Waals surface area contributed by atoms with Crippen molar-refractivity contribution in [3.05, 3.63) is 175 Å². The average molecular weight is 725 g/mol. The maximum Gasteiger partial charge on any atom is 0.152 e. The second kappa shape index (κ2) is 15.7. The highest BCUT2D eigenvalue weighted by atomic mass is 28.3. The lowest BCUT2D eigenvalue weighted by Crippen LogP contribution is -2.67. The lowest BCUT2D eigenvalue weighted by Gasteiger charge is -2.51. The lowest BCUT2D eigenvalue weighted by molar-refractivity contribution is 0.0948. The van der Waals surface area contributed by atoms with Crippen molar-refractivity contribution >= 4 is 23.6 Å². The van der Waals surface area contributed by atoms with Gasteiger partial charge in [-0.15, -0.1) is 6.58 Å². The summed E-state index contributed by atoms with van der Waals surface area (Å²) < 4.78 is 0. The summed E-state index contributed by atoms with van der Waals surface area (Å²) in [5.41, 5.74) is 4.75. The maximum absolute atomic E-state index is 5.00. The minimum atomic E-state index is -2.38. The molecule has 0 saturated heterocycles. The molecule has 4 saturated carbocycles.